The molecule has 0 saturated carbocycles. The minimum atomic E-state index is -0.793. The highest BCUT2D eigenvalue weighted by molar-refractivity contribution is 9.10. The van der Waals surface area contributed by atoms with Crippen molar-refractivity contribution in [1.82, 2.24) is 14.5 Å². The first-order valence-corrected chi connectivity index (χ1v) is 7.67. The largest absolute Gasteiger partial charge is 0.464 e. The third kappa shape index (κ3) is 2.98. The monoisotopic (exact) mass is 381 g/mol. The number of esters is 1. The Labute approximate surface area is 140 Å². The summed E-state index contributed by atoms with van der Waals surface area (Å²) in [6.07, 6.45) is 1.64. The Morgan fingerprint density at radius 1 is 1.39 bits per heavy atom. The molecule has 0 aliphatic heterocycles. The van der Waals surface area contributed by atoms with Crippen LogP contribution in [-0.4, -0.2) is 27.6 Å². The average molecular weight is 382 g/mol. The molecule has 23 heavy (non-hydrogen) atoms. The molecule has 0 aromatic carbocycles. The predicted molar refractivity (Wildman–Crippen MR) is 88.3 cm³/mol. The minimum absolute atomic E-state index is 0.00741. The zero-order valence-electron chi connectivity index (χ0n) is 13.1. The van der Waals surface area contributed by atoms with Gasteiger partial charge < -0.3 is 4.74 Å². The lowest BCUT2D eigenvalue weighted by molar-refractivity contribution is 0.0588. The van der Waals surface area contributed by atoms with E-state index in [-0.39, 0.29) is 16.1 Å². The smallest absolute Gasteiger partial charge is 0.356 e. The van der Waals surface area contributed by atoms with E-state index in [1.807, 2.05) is 13.8 Å². The van der Waals surface area contributed by atoms with Gasteiger partial charge in [-0.2, -0.15) is 0 Å². The van der Waals surface area contributed by atoms with E-state index in [0.717, 1.165) is 10.1 Å². The normalized spacial score (nSPS) is 10.9. The van der Waals surface area contributed by atoms with Crippen LogP contribution in [-0.2, 0) is 4.74 Å². The molecule has 7 nitrogen and oxygen atoms in total. The number of ether oxygens (including phenoxy) is 1. The second-order valence-electron chi connectivity index (χ2n) is 5.27. The molecule has 0 fully saturated rings. The van der Waals surface area contributed by atoms with Crippen molar-refractivity contribution >= 4 is 21.9 Å². The molecule has 1 N–H and O–H groups in total. The van der Waals surface area contributed by atoms with Crippen LogP contribution in [0.2, 0.25) is 0 Å². The SMILES string of the molecule is COC(=O)c1c(Br)c(=O)[nH]c(=O)n1-c1c(C)ccnc1C(C)C. The molecule has 0 saturated heterocycles. The number of H-pyrrole nitrogens is 1. The lowest BCUT2D eigenvalue weighted by Gasteiger charge is -2.18. The summed E-state index contributed by atoms with van der Waals surface area (Å²) in [4.78, 5) is 42.9. The number of hydrogen-bond donors (Lipinski definition) is 1. The van der Waals surface area contributed by atoms with Crippen LogP contribution in [0.1, 0.15) is 41.5 Å². The molecular weight excluding hydrogens is 366 g/mol. The minimum Gasteiger partial charge on any atom is -0.464 e. The number of carbonyl (C=O) groups excluding carboxylic acids is 1. The van der Waals surface area contributed by atoms with Gasteiger partial charge in [0, 0.05) is 6.20 Å². The van der Waals surface area contributed by atoms with Crippen molar-refractivity contribution in [3.8, 4) is 5.69 Å². The lowest BCUT2D eigenvalue weighted by atomic mass is 10.0. The van der Waals surface area contributed by atoms with Crippen LogP contribution >= 0.6 is 15.9 Å². The van der Waals surface area contributed by atoms with Gasteiger partial charge in [0.2, 0.25) is 0 Å². The molecule has 2 heterocycles. The summed E-state index contributed by atoms with van der Waals surface area (Å²) in [5, 5.41) is 0. The third-order valence-electron chi connectivity index (χ3n) is 3.36. The van der Waals surface area contributed by atoms with E-state index in [9.17, 15) is 14.4 Å². The predicted octanol–water partition coefficient (Wildman–Crippen LogP) is 1.90. The summed E-state index contributed by atoms with van der Waals surface area (Å²) >= 11 is 3.07. The van der Waals surface area contributed by atoms with E-state index < -0.39 is 17.2 Å². The van der Waals surface area contributed by atoms with Crippen LogP contribution in [0, 0.1) is 6.92 Å². The number of aromatic nitrogens is 3. The van der Waals surface area contributed by atoms with Crippen molar-refractivity contribution in [2.45, 2.75) is 26.7 Å². The van der Waals surface area contributed by atoms with Crippen LogP contribution in [0.25, 0.3) is 5.69 Å². The van der Waals surface area contributed by atoms with Crippen molar-refractivity contribution in [3.05, 3.63) is 54.5 Å². The molecule has 0 aliphatic rings. The Kier molecular flexibility index (Phi) is 4.84. The van der Waals surface area contributed by atoms with Gasteiger partial charge >= 0.3 is 11.7 Å². The molecule has 0 radical (unpaired) electrons. The molecule has 0 aliphatic carbocycles. The number of carbonyl (C=O) groups is 1. The van der Waals surface area contributed by atoms with Crippen LogP contribution in [0.15, 0.2) is 26.3 Å². The van der Waals surface area contributed by atoms with Gasteiger partial charge in [0.25, 0.3) is 5.56 Å². The summed E-state index contributed by atoms with van der Waals surface area (Å²) in [5.41, 5.74) is 0.256. The van der Waals surface area contributed by atoms with Gasteiger partial charge in [-0.3, -0.25) is 19.3 Å². The van der Waals surface area contributed by atoms with Gasteiger partial charge in [-0.1, -0.05) is 13.8 Å². The van der Waals surface area contributed by atoms with Crippen molar-refractivity contribution < 1.29 is 9.53 Å². The molecule has 0 amide bonds. The number of methoxy groups -OCH3 is 1. The highest BCUT2D eigenvalue weighted by Gasteiger charge is 2.25. The maximum absolute atomic E-state index is 12.4. The zero-order valence-corrected chi connectivity index (χ0v) is 14.7. The molecule has 0 bridgehead atoms. The summed E-state index contributed by atoms with van der Waals surface area (Å²) in [5.74, 6) is -0.786. The van der Waals surface area contributed by atoms with Crippen molar-refractivity contribution in [3.63, 3.8) is 0 Å². The van der Waals surface area contributed by atoms with Crippen molar-refractivity contribution in [1.29, 1.82) is 0 Å². The van der Waals surface area contributed by atoms with Crippen molar-refractivity contribution in [2.24, 2.45) is 0 Å². The second-order valence-corrected chi connectivity index (χ2v) is 6.06. The molecule has 2 aromatic heterocycles. The molecule has 8 heteroatoms. The maximum atomic E-state index is 12.4. The summed E-state index contributed by atoms with van der Waals surface area (Å²) in [6.45, 7) is 5.65. The molecule has 2 aromatic rings. The molecule has 2 rings (SSSR count). The Morgan fingerprint density at radius 3 is 2.61 bits per heavy atom. The highest BCUT2D eigenvalue weighted by Crippen LogP contribution is 2.25. The van der Waals surface area contributed by atoms with E-state index in [2.05, 4.69) is 25.9 Å². The Hall–Kier alpha value is -2.22. The topological polar surface area (TPSA) is 94.0 Å². The van der Waals surface area contributed by atoms with Gasteiger partial charge in [0.1, 0.15) is 4.47 Å². The zero-order chi connectivity index (χ0) is 17.3. The number of nitrogens with zero attached hydrogens (tertiary/aromatic N) is 2. The van der Waals surface area contributed by atoms with Gasteiger partial charge in [-0.15, -0.1) is 0 Å². The van der Waals surface area contributed by atoms with Gasteiger partial charge in [-0.25, -0.2) is 9.59 Å². The molecule has 0 unspecified atom stereocenters. The van der Waals surface area contributed by atoms with Gasteiger partial charge in [-0.05, 0) is 40.4 Å². The van der Waals surface area contributed by atoms with Crippen LogP contribution < -0.4 is 11.2 Å². The second kappa shape index (κ2) is 6.49. The standard InChI is InChI=1S/C15H16BrN3O4/c1-7(2)10-11(8(3)5-6-17-10)19-12(14(21)23-4)9(16)13(20)18-15(19)22/h5-7H,1-4H3,(H,18,20,22). The van der Waals surface area contributed by atoms with E-state index in [4.69, 9.17) is 4.74 Å². The van der Waals surface area contributed by atoms with Crippen LogP contribution in [0.5, 0.6) is 0 Å². The first-order valence-electron chi connectivity index (χ1n) is 6.88. The van der Waals surface area contributed by atoms with E-state index >= 15 is 0 Å². The van der Waals surface area contributed by atoms with E-state index in [1.165, 1.54) is 7.11 Å². The first kappa shape index (κ1) is 17.1. The fourth-order valence-corrected chi connectivity index (χ4v) is 2.73. The molecule has 0 spiro atoms. The van der Waals surface area contributed by atoms with Crippen LogP contribution in [0.3, 0.4) is 0 Å². The highest BCUT2D eigenvalue weighted by atomic mass is 79.9. The molecular formula is C15H16BrN3O4. The molecule has 122 valence electrons. The fourth-order valence-electron chi connectivity index (χ4n) is 2.29. The number of halogens is 1. The summed E-state index contributed by atoms with van der Waals surface area (Å²) < 4.78 is 5.79. The quantitative estimate of drug-likeness (QED) is 0.819. The third-order valence-corrected chi connectivity index (χ3v) is 4.09. The van der Waals surface area contributed by atoms with E-state index in [1.54, 1.807) is 19.2 Å². The lowest BCUT2D eigenvalue weighted by Crippen LogP contribution is -2.35. The number of aromatic amines is 1. The average Bonchev–Trinajstić information content (AvgIpc) is 2.50. The fraction of sp³-hybridized carbons (Fsp3) is 0.333. The number of rotatable bonds is 3. The Bertz CT molecular complexity index is 883. The number of nitrogens with one attached hydrogen (secondary N) is 1. The van der Waals surface area contributed by atoms with Gasteiger partial charge in [0.15, 0.2) is 5.69 Å². The Morgan fingerprint density at radius 2 is 2.04 bits per heavy atom. The number of aryl methyl sites for hydroxylation is 1. The maximum Gasteiger partial charge on any atom is 0.356 e. The van der Waals surface area contributed by atoms with Crippen LogP contribution in [0.4, 0.5) is 0 Å². The Balaban J connectivity index is 3.01. The molecule has 0 atom stereocenters. The first-order chi connectivity index (χ1) is 10.8. The van der Waals surface area contributed by atoms with E-state index in [0.29, 0.717) is 11.4 Å². The number of hydrogen-bond acceptors (Lipinski definition) is 5. The van der Waals surface area contributed by atoms with Gasteiger partial charge in [0.05, 0.1) is 18.5 Å². The summed E-state index contributed by atoms with van der Waals surface area (Å²) in [6, 6.07) is 1.73. The number of pyridine rings is 1. The summed E-state index contributed by atoms with van der Waals surface area (Å²) in [7, 11) is 1.18. The van der Waals surface area contributed by atoms with Crippen molar-refractivity contribution in [2.75, 3.05) is 7.11 Å².